The molecule has 1 aliphatic carbocycles. The zero-order valence-corrected chi connectivity index (χ0v) is 11.1. The number of anilines is 1. The molecule has 100 valence electrons. The molecule has 0 saturated heterocycles. The average molecular weight is 251 g/mol. The number of methoxy groups -OCH3 is 1. The third kappa shape index (κ3) is 2.49. The Balaban J connectivity index is 2.10. The van der Waals surface area contributed by atoms with Crippen molar-refractivity contribution in [3.05, 3.63) is 12.0 Å². The molecule has 5 nitrogen and oxygen atoms in total. The van der Waals surface area contributed by atoms with Crippen molar-refractivity contribution in [3.8, 4) is 0 Å². The normalized spacial score (nSPS) is 23.9. The van der Waals surface area contributed by atoms with E-state index in [9.17, 15) is 4.79 Å². The summed E-state index contributed by atoms with van der Waals surface area (Å²) >= 11 is 0. The molecule has 1 aromatic heterocycles. The van der Waals surface area contributed by atoms with Crippen LogP contribution in [-0.2, 0) is 11.3 Å². The van der Waals surface area contributed by atoms with Gasteiger partial charge in [0.1, 0.15) is 5.82 Å². The Hall–Kier alpha value is -1.52. The molecule has 18 heavy (non-hydrogen) atoms. The van der Waals surface area contributed by atoms with E-state index in [-0.39, 0.29) is 5.69 Å². The van der Waals surface area contributed by atoms with E-state index >= 15 is 0 Å². The van der Waals surface area contributed by atoms with Gasteiger partial charge in [0.2, 0.25) is 0 Å². The zero-order valence-electron chi connectivity index (χ0n) is 11.1. The first-order valence-electron chi connectivity index (χ1n) is 6.52. The van der Waals surface area contributed by atoms with Crippen molar-refractivity contribution < 1.29 is 9.53 Å². The molecular formula is C13H21N3O2. The molecule has 1 aliphatic rings. The molecule has 5 heteroatoms. The predicted octanol–water partition coefficient (Wildman–Crippen LogP) is 2.08. The number of nitrogens with two attached hydrogens (primary N) is 1. The minimum Gasteiger partial charge on any atom is -0.464 e. The Morgan fingerprint density at radius 2 is 2.28 bits per heavy atom. The number of nitrogen functional groups attached to an aromatic ring is 1. The van der Waals surface area contributed by atoms with Crippen molar-refractivity contribution >= 4 is 11.8 Å². The standard InChI is InChI=1S/C13H21N3O2/c1-9-5-3-4-6-10(9)7-16-8-15-11(12(16)14)13(17)18-2/h8-10H,3-7,14H2,1-2H3. The molecule has 0 radical (unpaired) electrons. The van der Waals surface area contributed by atoms with E-state index in [0.717, 1.165) is 6.54 Å². The van der Waals surface area contributed by atoms with E-state index in [0.29, 0.717) is 17.7 Å². The van der Waals surface area contributed by atoms with Crippen molar-refractivity contribution in [3.63, 3.8) is 0 Å². The minimum absolute atomic E-state index is 0.223. The van der Waals surface area contributed by atoms with Gasteiger partial charge in [-0.25, -0.2) is 9.78 Å². The van der Waals surface area contributed by atoms with Crippen molar-refractivity contribution in [1.82, 2.24) is 9.55 Å². The predicted molar refractivity (Wildman–Crippen MR) is 69.1 cm³/mol. The van der Waals surface area contributed by atoms with Gasteiger partial charge >= 0.3 is 5.97 Å². The summed E-state index contributed by atoms with van der Waals surface area (Å²) < 4.78 is 6.52. The Kier molecular flexibility index (Phi) is 3.89. The second-order valence-corrected chi connectivity index (χ2v) is 5.14. The Labute approximate surface area is 107 Å². The first-order chi connectivity index (χ1) is 8.63. The molecule has 2 rings (SSSR count). The number of carbonyl (C=O) groups is 1. The highest BCUT2D eigenvalue weighted by Crippen LogP contribution is 2.31. The summed E-state index contributed by atoms with van der Waals surface area (Å²) in [6.45, 7) is 3.13. The van der Waals surface area contributed by atoms with Crippen molar-refractivity contribution in [2.24, 2.45) is 11.8 Å². The molecule has 0 aliphatic heterocycles. The van der Waals surface area contributed by atoms with E-state index in [2.05, 4.69) is 16.6 Å². The van der Waals surface area contributed by atoms with Crippen LogP contribution in [0.15, 0.2) is 6.33 Å². The fourth-order valence-corrected chi connectivity index (χ4v) is 2.71. The number of imidazole rings is 1. The van der Waals surface area contributed by atoms with Gasteiger partial charge in [0.25, 0.3) is 0 Å². The third-order valence-corrected chi connectivity index (χ3v) is 3.98. The smallest absolute Gasteiger partial charge is 0.360 e. The number of aromatic nitrogens is 2. The Bertz CT molecular complexity index is 428. The lowest BCUT2D eigenvalue weighted by Gasteiger charge is -2.29. The largest absolute Gasteiger partial charge is 0.464 e. The highest BCUT2D eigenvalue weighted by molar-refractivity contribution is 5.91. The van der Waals surface area contributed by atoms with Crippen LogP contribution >= 0.6 is 0 Å². The molecule has 1 aromatic rings. The maximum Gasteiger partial charge on any atom is 0.360 e. The molecule has 2 N–H and O–H groups in total. The van der Waals surface area contributed by atoms with Crippen molar-refractivity contribution in [2.45, 2.75) is 39.2 Å². The number of hydrogen-bond acceptors (Lipinski definition) is 4. The average Bonchev–Trinajstić information content (AvgIpc) is 2.73. The van der Waals surface area contributed by atoms with E-state index in [1.165, 1.54) is 32.8 Å². The summed E-state index contributed by atoms with van der Waals surface area (Å²) in [4.78, 5) is 15.5. The molecule has 0 aromatic carbocycles. The molecular weight excluding hydrogens is 230 g/mol. The first kappa shape index (κ1) is 12.9. The fourth-order valence-electron chi connectivity index (χ4n) is 2.71. The van der Waals surface area contributed by atoms with Crippen LogP contribution in [-0.4, -0.2) is 22.6 Å². The summed E-state index contributed by atoms with van der Waals surface area (Å²) in [6, 6.07) is 0. The first-order valence-corrected chi connectivity index (χ1v) is 6.52. The van der Waals surface area contributed by atoms with Crippen molar-refractivity contribution in [1.29, 1.82) is 0 Å². The van der Waals surface area contributed by atoms with Gasteiger partial charge in [-0.15, -0.1) is 0 Å². The molecule has 2 unspecified atom stereocenters. The maximum absolute atomic E-state index is 11.4. The van der Waals surface area contributed by atoms with E-state index in [1.807, 2.05) is 4.57 Å². The number of esters is 1. The van der Waals surface area contributed by atoms with Crippen LogP contribution in [0.4, 0.5) is 5.82 Å². The van der Waals surface area contributed by atoms with E-state index < -0.39 is 5.97 Å². The van der Waals surface area contributed by atoms with Gasteiger partial charge in [-0.2, -0.15) is 0 Å². The number of rotatable bonds is 3. The molecule has 2 atom stereocenters. The van der Waals surface area contributed by atoms with E-state index in [1.54, 1.807) is 6.33 Å². The molecule has 0 spiro atoms. The topological polar surface area (TPSA) is 70.1 Å². The van der Waals surface area contributed by atoms with E-state index in [4.69, 9.17) is 5.73 Å². The number of nitrogens with zero attached hydrogens (tertiary/aromatic N) is 2. The zero-order chi connectivity index (χ0) is 13.1. The lowest BCUT2D eigenvalue weighted by molar-refractivity contribution is 0.0596. The van der Waals surface area contributed by atoms with Crippen LogP contribution in [0.2, 0.25) is 0 Å². The van der Waals surface area contributed by atoms with Gasteiger partial charge in [0, 0.05) is 6.54 Å². The number of ether oxygens (including phenoxy) is 1. The molecule has 0 bridgehead atoms. The SMILES string of the molecule is COC(=O)c1ncn(CC2CCCCC2C)c1N. The summed E-state index contributed by atoms with van der Waals surface area (Å²) in [7, 11) is 1.34. The Morgan fingerprint density at radius 3 is 2.94 bits per heavy atom. The number of carbonyl (C=O) groups excluding carboxylic acids is 1. The Morgan fingerprint density at radius 1 is 1.56 bits per heavy atom. The lowest BCUT2D eigenvalue weighted by atomic mass is 9.80. The summed E-state index contributed by atoms with van der Waals surface area (Å²) in [5, 5.41) is 0. The molecule has 1 saturated carbocycles. The van der Waals surface area contributed by atoms with Gasteiger partial charge in [0.15, 0.2) is 5.69 Å². The molecule has 1 heterocycles. The molecule has 0 amide bonds. The second kappa shape index (κ2) is 5.42. The lowest BCUT2D eigenvalue weighted by Crippen LogP contribution is -2.22. The van der Waals surface area contributed by atoms with Gasteiger partial charge in [-0.05, 0) is 18.3 Å². The summed E-state index contributed by atoms with van der Waals surface area (Å²) in [6.07, 6.45) is 6.76. The second-order valence-electron chi connectivity index (χ2n) is 5.14. The van der Waals surface area contributed by atoms with Crippen LogP contribution < -0.4 is 5.73 Å². The van der Waals surface area contributed by atoms with Crippen LogP contribution in [0.3, 0.4) is 0 Å². The van der Waals surface area contributed by atoms with Gasteiger partial charge in [0.05, 0.1) is 13.4 Å². The van der Waals surface area contributed by atoms with Crippen LogP contribution in [0, 0.1) is 11.8 Å². The molecule has 1 fully saturated rings. The summed E-state index contributed by atoms with van der Waals surface area (Å²) in [5.74, 6) is 1.28. The quantitative estimate of drug-likeness (QED) is 0.835. The van der Waals surface area contributed by atoms with Crippen LogP contribution in [0.25, 0.3) is 0 Å². The summed E-state index contributed by atoms with van der Waals surface area (Å²) in [5.41, 5.74) is 6.17. The maximum atomic E-state index is 11.4. The van der Waals surface area contributed by atoms with Crippen molar-refractivity contribution in [2.75, 3.05) is 12.8 Å². The monoisotopic (exact) mass is 251 g/mol. The number of hydrogen-bond donors (Lipinski definition) is 1. The van der Waals surface area contributed by atoms with Gasteiger partial charge in [-0.1, -0.05) is 26.2 Å². The van der Waals surface area contributed by atoms with Crippen LogP contribution in [0.1, 0.15) is 43.1 Å². The minimum atomic E-state index is -0.469. The van der Waals surface area contributed by atoms with Gasteiger partial charge in [-0.3, -0.25) is 0 Å². The van der Waals surface area contributed by atoms with Crippen LogP contribution in [0.5, 0.6) is 0 Å². The highest BCUT2D eigenvalue weighted by Gasteiger charge is 2.24. The highest BCUT2D eigenvalue weighted by atomic mass is 16.5. The third-order valence-electron chi connectivity index (χ3n) is 3.98. The fraction of sp³-hybridized carbons (Fsp3) is 0.692. The van der Waals surface area contributed by atoms with Gasteiger partial charge < -0.3 is 15.0 Å².